The lowest BCUT2D eigenvalue weighted by Crippen LogP contribution is -2.25. The van der Waals surface area contributed by atoms with Crippen molar-refractivity contribution in [3.63, 3.8) is 0 Å². The van der Waals surface area contributed by atoms with Crippen LogP contribution in [0.3, 0.4) is 0 Å². The molecule has 1 amide bonds. The predicted molar refractivity (Wildman–Crippen MR) is 78.3 cm³/mol. The highest BCUT2D eigenvalue weighted by Gasteiger charge is 2.27. The SMILES string of the molecule is CC(C(=O)O)C(C)C(=O)c1ccc2c(c1)CCCC(=O)N2. The van der Waals surface area contributed by atoms with Crippen molar-refractivity contribution in [1.29, 1.82) is 0 Å². The third-order valence-corrected chi connectivity index (χ3v) is 4.07. The van der Waals surface area contributed by atoms with Gasteiger partial charge in [-0.3, -0.25) is 14.4 Å². The lowest BCUT2D eigenvalue weighted by Gasteiger charge is -2.16. The van der Waals surface area contributed by atoms with Gasteiger partial charge in [0.2, 0.25) is 5.91 Å². The van der Waals surface area contributed by atoms with Crippen molar-refractivity contribution in [3.8, 4) is 0 Å². The molecule has 2 N–H and O–H groups in total. The summed E-state index contributed by atoms with van der Waals surface area (Å²) < 4.78 is 0. The fourth-order valence-corrected chi connectivity index (χ4v) is 2.43. The van der Waals surface area contributed by atoms with Crippen molar-refractivity contribution in [2.75, 3.05) is 5.32 Å². The van der Waals surface area contributed by atoms with Crippen LogP contribution >= 0.6 is 0 Å². The Morgan fingerprint density at radius 1 is 1.19 bits per heavy atom. The van der Waals surface area contributed by atoms with Gasteiger partial charge in [-0.05, 0) is 36.6 Å². The number of carboxylic acids is 1. The van der Waals surface area contributed by atoms with Crippen LogP contribution in [0.5, 0.6) is 0 Å². The Labute approximate surface area is 123 Å². The normalized spacial score (nSPS) is 17.1. The molecule has 2 rings (SSSR count). The molecule has 0 saturated heterocycles. The molecule has 0 aromatic heterocycles. The summed E-state index contributed by atoms with van der Waals surface area (Å²) in [4.78, 5) is 34.9. The van der Waals surface area contributed by atoms with Crippen molar-refractivity contribution in [3.05, 3.63) is 29.3 Å². The number of nitrogens with one attached hydrogen (secondary N) is 1. The Hall–Kier alpha value is -2.17. The molecular formula is C16H19NO4. The highest BCUT2D eigenvalue weighted by Crippen LogP contribution is 2.25. The first-order valence-electron chi connectivity index (χ1n) is 7.10. The van der Waals surface area contributed by atoms with Crippen LogP contribution in [0.25, 0.3) is 0 Å². The summed E-state index contributed by atoms with van der Waals surface area (Å²) in [5, 5.41) is 11.8. The third kappa shape index (κ3) is 3.29. The third-order valence-electron chi connectivity index (χ3n) is 4.07. The Bertz CT molecular complexity index is 594. The number of amides is 1. The molecule has 112 valence electrons. The number of carboxylic acid groups (broad SMARTS) is 1. The summed E-state index contributed by atoms with van der Waals surface area (Å²) in [6.07, 6.45) is 1.96. The molecule has 0 spiro atoms. The summed E-state index contributed by atoms with van der Waals surface area (Å²) >= 11 is 0. The predicted octanol–water partition coefficient (Wildman–Crippen LogP) is 2.50. The number of aliphatic carboxylic acids is 1. The van der Waals surface area contributed by atoms with Crippen molar-refractivity contribution in [1.82, 2.24) is 0 Å². The Balaban J connectivity index is 2.25. The minimum atomic E-state index is -0.974. The number of anilines is 1. The molecule has 0 saturated carbocycles. The van der Waals surface area contributed by atoms with E-state index in [4.69, 9.17) is 5.11 Å². The van der Waals surface area contributed by atoms with Crippen LogP contribution in [-0.4, -0.2) is 22.8 Å². The Morgan fingerprint density at radius 2 is 1.90 bits per heavy atom. The van der Waals surface area contributed by atoms with Gasteiger partial charge in [0.1, 0.15) is 0 Å². The maximum absolute atomic E-state index is 12.4. The molecule has 0 radical (unpaired) electrons. The second kappa shape index (κ2) is 6.08. The maximum Gasteiger partial charge on any atom is 0.306 e. The number of rotatable bonds is 4. The zero-order valence-electron chi connectivity index (χ0n) is 12.2. The van der Waals surface area contributed by atoms with Crippen LogP contribution < -0.4 is 5.32 Å². The van der Waals surface area contributed by atoms with Gasteiger partial charge in [0.25, 0.3) is 0 Å². The standard InChI is InChI=1S/C16H19NO4/c1-9(10(2)16(20)21)15(19)12-6-7-13-11(8-12)4-3-5-14(18)17-13/h6-10H,3-5H2,1-2H3,(H,17,18)(H,20,21). The molecule has 2 atom stereocenters. The van der Waals surface area contributed by atoms with Gasteiger partial charge in [0.15, 0.2) is 5.78 Å². The summed E-state index contributed by atoms with van der Waals surface area (Å²) in [7, 11) is 0. The molecule has 5 heteroatoms. The highest BCUT2D eigenvalue weighted by molar-refractivity contribution is 6.01. The number of hydrogen-bond donors (Lipinski definition) is 2. The summed E-state index contributed by atoms with van der Waals surface area (Å²) in [6, 6.07) is 5.15. The van der Waals surface area contributed by atoms with E-state index >= 15 is 0 Å². The number of hydrogen-bond acceptors (Lipinski definition) is 3. The number of aryl methyl sites for hydroxylation is 1. The lowest BCUT2D eigenvalue weighted by molar-refractivity contribution is -0.142. The molecule has 0 aliphatic carbocycles. The van der Waals surface area contributed by atoms with Crippen LogP contribution in [0.15, 0.2) is 18.2 Å². The first-order valence-corrected chi connectivity index (χ1v) is 7.10. The smallest absolute Gasteiger partial charge is 0.306 e. The largest absolute Gasteiger partial charge is 0.481 e. The fourth-order valence-electron chi connectivity index (χ4n) is 2.43. The molecule has 1 aromatic rings. The number of carbonyl (C=O) groups excluding carboxylic acids is 2. The molecule has 2 unspecified atom stereocenters. The van der Waals surface area contributed by atoms with Gasteiger partial charge in [-0.2, -0.15) is 0 Å². The van der Waals surface area contributed by atoms with E-state index in [1.165, 1.54) is 6.92 Å². The second-order valence-electron chi connectivity index (χ2n) is 5.55. The van der Waals surface area contributed by atoms with E-state index in [0.29, 0.717) is 12.0 Å². The molecule has 0 bridgehead atoms. The van der Waals surface area contributed by atoms with Gasteiger partial charge in [-0.1, -0.05) is 13.8 Å². The Morgan fingerprint density at radius 3 is 2.57 bits per heavy atom. The van der Waals surface area contributed by atoms with Crippen LogP contribution in [0.2, 0.25) is 0 Å². The second-order valence-corrected chi connectivity index (χ2v) is 5.55. The summed E-state index contributed by atoms with van der Waals surface area (Å²) in [5.74, 6) is -2.47. The quantitative estimate of drug-likeness (QED) is 0.834. The van der Waals surface area contributed by atoms with Crippen LogP contribution in [0.4, 0.5) is 5.69 Å². The molecule has 1 aliphatic heterocycles. The Kier molecular flexibility index (Phi) is 4.40. The van der Waals surface area contributed by atoms with E-state index in [0.717, 1.165) is 24.1 Å². The zero-order valence-corrected chi connectivity index (χ0v) is 12.2. The number of carbonyl (C=O) groups is 3. The summed E-state index contributed by atoms with van der Waals surface area (Å²) in [5.41, 5.74) is 2.18. The first-order chi connectivity index (χ1) is 9.90. The zero-order chi connectivity index (χ0) is 15.6. The number of fused-ring (bicyclic) bond motifs is 1. The van der Waals surface area contributed by atoms with Gasteiger partial charge in [-0.25, -0.2) is 0 Å². The van der Waals surface area contributed by atoms with E-state index < -0.39 is 17.8 Å². The molecule has 5 nitrogen and oxygen atoms in total. The average Bonchev–Trinajstić information content (AvgIpc) is 2.64. The van der Waals surface area contributed by atoms with Gasteiger partial charge in [0.05, 0.1) is 5.92 Å². The average molecular weight is 289 g/mol. The van der Waals surface area contributed by atoms with E-state index in [1.54, 1.807) is 25.1 Å². The van der Waals surface area contributed by atoms with Crippen LogP contribution in [0.1, 0.15) is 42.6 Å². The molecule has 1 aliphatic rings. The van der Waals surface area contributed by atoms with E-state index in [9.17, 15) is 14.4 Å². The van der Waals surface area contributed by atoms with Crippen molar-refractivity contribution >= 4 is 23.3 Å². The molecule has 21 heavy (non-hydrogen) atoms. The van der Waals surface area contributed by atoms with Crippen molar-refractivity contribution in [2.24, 2.45) is 11.8 Å². The molecule has 0 fully saturated rings. The lowest BCUT2D eigenvalue weighted by atomic mass is 9.87. The van der Waals surface area contributed by atoms with E-state index in [1.807, 2.05) is 0 Å². The van der Waals surface area contributed by atoms with Gasteiger partial charge in [0, 0.05) is 23.6 Å². The number of Topliss-reactive ketones (excluding diaryl/α,β-unsaturated/α-hetero) is 1. The minimum Gasteiger partial charge on any atom is -0.481 e. The van der Waals surface area contributed by atoms with Crippen molar-refractivity contribution in [2.45, 2.75) is 33.1 Å². The highest BCUT2D eigenvalue weighted by atomic mass is 16.4. The van der Waals surface area contributed by atoms with Crippen LogP contribution in [0, 0.1) is 11.8 Å². The van der Waals surface area contributed by atoms with E-state index in [-0.39, 0.29) is 11.7 Å². The van der Waals surface area contributed by atoms with Crippen LogP contribution in [-0.2, 0) is 16.0 Å². The fraction of sp³-hybridized carbons (Fsp3) is 0.438. The molecule has 1 aromatic carbocycles. The topological polar surface area (TPSA) is 83.5 Å². The molecule has 1 heterocycles. The maximum atomic E-state index is 12.4. The van der Waals surface area contributed by atoms with E-state index in [2.05, 4.69) is 5.32 Å². The first kappa shape index (κ1) is 15.2. The van der Waals surface area contributed by atoms with Gasteiger partial charge >= 0.3 is 5.97 Å². The number of ketones is 1. The molecular weight excluding hydrogens is 270 g/mol. The van der Waals surface area contributed by atoms with Crippen molar-refractivity contribution < 1.29 is 19.5 Å². The van der Waals surface area contributed by atoms with Gasteiger partial charge < -0.3 is 10.4 Å². The van der Waals surface area contributed by atoms with Gasteiger partial charge in [-0.15, -0.1) is 0 Å². The summed E-state index contributed by atoms with van der Waals surface area (Å²) in [6.45, 7) is 3.17. The number of benzene rings is 1. The minimum absolute atomic E-state index is 0.0132. The monoisotopic (exact) mass is 289 g/mol.